The minimum atomic E-state index is -4.94. The summed E-state index contributed by atoms with van der Waals surface area (Å²) in [6.45, 7) is -1.45. The number of benzene rings is 2. The summed E-state index contributed by atoms with van der Waals surface area (Å²) < 4.78 is 78.1. The summed E-state index contributed by atoms with van der Waals surface area (Å²) in [5.74, 6) is -2.68. The topological polar surface area (TPSA) is 106 Å². The lowest BCUT2D eigenvalue weighted by molar-refractivity contribution is -0.142. The number of nitrogen functional groups attached to an aromatic ring is 1. The monoisotopic (exact) mass is 476 g/mol. The Morgan fingerprint density at radius 2 is 2.03 bits per heavy atom. The Hall–Kier alpha value is -3.99. The second-order valence-corrected chi connectivity index (χ2v) is 7.47. The number of aromatic nitrogens is 3. The highest BCUT2D eigenvalue weighted by Crippen LogP contribution is 2.36. The number of aliphatic hydroxyl groups excluding tert-OH is 1. The Morgan fingerprint density at radius 1 is 1.26 bits per heavy atom. The van der Waals surface area contributed by atoms with E-state index >= 15 is 0 Å². The lowest BCUT2D eigenvalue weighted by atomic mass is 10.0. The number of imidazole rings is 1. The molecule has 0 bridgehead atoms. The number of amides is 1. The zero-order chi connectivity index (χ0) is 27.3. The molecule has 0 saturated heterocycles. The summed E-state index contributed by atoms with van der Waals surface area (Å²) in [7, 11) is 0. The van der Waals surface area contributed by atoms with Crippen molar-refractivity contribution in [3.63, 3.8) is 0 Å². The molecular weight excluding hydrogens is 454 g/mol. The van der Waals surface area contributed by atoms with Crippen molar-refractivity contribution in [2.24, 2.45) is 0 Å². The lowest BCUT2D eigenvalue weighted by Gasteiger charge is -2.14. The molecule has 0 spiro atoms. The number of rotatable bonds is 4. The van der Waals surface area contributed by atoms with Gasteiger partial charge < -0.3 is 16.2 Å². The van der Waals surface area contributed by atoms with Crippen LogP contribution in [0.5, 0.6) is 0 Å². The van der Waals surface area contributed by atoms with Gasteiger partial charge in [0.15, 0.2) is 6.10 Å². The van der Waals surface area contributed by atoms with Crippen molar-refractivity contribution in [2.75, 3.05) is 11.1 Å². The third-order valence-electron chi connectivity index (χ3n) is 5.14. The van der Waals surface area contributed by atoms with Crippen molar-refractivity contribution in [1.82, 2.24) is 14.4 Å². The number of carbonyl (C=O) groups excluding carboxylic acids is 1. The summed E-state index contributed by atoms with van der Waals surface area (Å²) >= 11 is 0. The van der Waals surface area contributed by atoms with Gasteiger partial charge in [0.1, 0.15) is 34.4 Å². The highest BCUT2D eigenvalue weighted by atomic mass is 19.4. The Kier molecular flexibility index (Phi) is 4.82. The molecule has 1 atom stereocenters. The first-order valence-corrected chi connectivity index (χ1v) is 9.78. The van der Waals surface area contributed by atoms with Gasteiger partial charge in [0.2, 0.25) is 0 Å². The van der Waals surface area contributed by atoms with Crippen molar-refractivity contribution < 1.29 is 31.6 Å². The van der Waals surface area contributed by atoms with E-state index in [0.717, 1.165) is 12.1 Å². The Balaban J connectivity index is 1.77. The number of nitrogens with two attached hydrogens (primary N) is 1. The molecule has 4 rings (SSSR count). The van der Waals surface area contributed by atoms with E-state index in [-0.39, 0.29) is 33.8 Å². The van der Waals surface area contributed by atoms with Gasteiger partial charge in [0.25, 0.3) is 5.91 Å². The van der Waals surface area contributed by atoms with Crippen LogP contribution in [0.2, 0.25) is 0 Å². The zero-order valence-corrected chi connectivity index (χ0v) is 17.5. The normalized spacial score (nSPS) is 14.4. The van der Waals surface area contributed by atoms with E-state index < -0.39 is 42.4 Å². The van der Waals surface area contributed by atoms with E-state index in [2.05, 4.69) is 15.3 Å². The van der Waals surface area contributed by atoms with E-state index in [1.807, 2.05) is 0 Å². The predicted molar refractivity (Wildman–Crippen MR) is 117 cm³/mol. The molecule has 1 amide bonds. The van der Waals surface area contributed by atoms with Gasteiger partial charge in [0.05, 0.1) is 6.20 Å². The van der Waals surface area contributed by atoms with Gasteiger partial charge in [-0.2, -0.15) is 13.2 Å². The average Bonchev–Trinajstić information content (AvgIpc) is 3.19. The fraction of sp³-hybridized carbons (Fsp3) is 0.174. The minimum Gasteiger partial charge on any atom is -0.382 e. The van der Waals surface area contributed by atoms with Gasteiger partial charge in [-0.25, -0.2) is 14.4 Å². The van der Waals surface area contributed by atoms with Crippen LogP contribution in [0.15, 0.2) is 48.7 Å². The van der Waals surface area contributed by atoms with E-state index in [4.69, 9.17) is 9.85 Å². The molecule has 0 aliphatic rings. The molecule has 2 aromatic heterocycles. The van der Waals surface area contributed by atoms with Crippen molar-refractivity contribution in [3.05, 3.63) is 77.1 Å². The number of hydrogen-bond acceptors (Lipinski definition) is 5. The van der Waals surface area contributed by atoms with E-state index in [9.17, 15) is 27.5 Å². The van der Waals surface area contributed by atoms with Crippen LogP contribution in [-0.2, 0) is 11.0 Å². The Labute approximate surface area is 195 Å². The number of anilines is 2. The second-order valence-electron chi connectivity index (χ2n) is 7.47. The van der Waals surface area contributed by atoms with Crippen molar-refractivity contribution >= 4 is 22.9 Å². The molecule has 2 aromatic carbocycles. The maximum absolute atomic E-state index is 13.7. The fourth-order valence-electron chi connectivity index (χ4n) is 3.57. The van der Waals surface area contributed by atoms with Crippen LogP contribution in [0, 0.1) is 19.6 Å². The molecule has 0 aliphatic carbocycles. The van der Waals surface area contributed by atoms with Crippen LogP contribution in [0.1, 0.15) is 32.9 Å². The molecule has 0 saturated carbocycles. The molecule has 2 heterocycles. The number of aliphatic hydroxyl groups is 1. The number of alkyl halides is 3. The summed E-state index contributed by atoms with van der Waals surface area (Å²) in [6.07, 6.45) is -6.16. The number of nitrogens with one attached hydrogen (secondary N) is 1. The standard InChI is InChI=1S/C23H19F4N5O2/c1-11-8-15(31-22(34)20(33)13-4-3-5-14(24)9-13)6-7-16(11)18-19-21(28)29-10-17(23(25,26)27)32(19)12(2)30-18/h3-10,20,33H,1-2H3,(H2,28,29)(H,31,34)/t20-/m0/s1/i2D3. The van der Waals surface area contributed by atoms with Crippen LogP contribution < -0.4 is 11.1 Å². The lowest BCUT2D eigenvalue weighted by Crippen LogP contribution is -2.21. The van der Waals surface area contributed by atoms with Gasteiger partial charge in [-0.15, -0.1) is 0 Å². The number of hydrogen-bond donors (Lipinski definition) is 3. The number of fused-ring (bicyclic) bond motifs is 1. The van der Waals surface area contributed by atoms with Gasteiger partial charge in [-0.1, -0.05) is 18.2 Å². The highest BCUT2D eigenvalue weighted by Gasteiger charge is 2.36. The summed E-state index contributed by atoms with van der Waals surface area (Å²) in [6, 6.07) is 9.13. The molecule has 0 radical (unpaired) electrons. The van der Waals surface area contributed by atoms with Gasteiger partial charge in [-0.05, 0) is 49.2 Å². The Morgan fingerprint density at radius 3 is 2.68 bits per heavy atom. The third-order valence-corrected chi connectivity index (χ3v) is 5.14. The maximum Gasteiger partial charge on any atom is 0.433 e. The van der Waals surface area contributed by atoms with Crippen molar-refractivity contribution in [1.29, 1.82) is 0 Å². The molecule has 11 heteroatoms. The van der Waals surface area contributed by atoms with E-state index in [0.29, 0.717) is 16.2 Å². The number of nitrogens with zero attached hydrogens (tertiary/aromatic N) is 3. The summed E-state index contributed by atoms with van der Waals surface area (Å²) in [4.78, 5) is 20.1. The van der Waals surface area contributed by atoms with Crippen molar-refractivity contribution in [2.45, 2.75) is 26.1 Å². The molecule has 176 valence electrons. The molecule has 7 nitrogen and oxygen atoms in total. The average molecular weight is 476 g/mol. The molecular formula is C23H19F4N5O2. The quantitative estimate of drug-likeness (QED) is 0.378. The zero-order valence-electron chi connectivity index (χ0n) is 20.5. The first-order chi connectivity index (χ1) is 17.2. The smallest absolute Gasteiger partial charge is 0.382 e. The number of halogens is 4. The SMILES string of the molecule is [2H]C([2H])([2H])c1nc(-c2ccc(NC(=O)[C@@H](O)c3cccc(F)c3)cc2C)c2c(N)ncc(C(F)(F)F)n12. The summed E-state index contributed by atoms with van der Waals surface area (Å²) in [5.41, 5.74) is 4.93. The minimum absolute atomic E-state index is 0.0379. The first kappa shape index (κ1) is 19.5. The molecule has 0 fully saturated rings. The third kappa shape index (κ3) is 4.17. The van der Waals surface area contributed by atoms with Crippen LogP contribution >= 0.6 is 0 Å². The Bertz CT molecular complexity index is 1520. The molecule has 34 heavy (non-hydrogen) atoms. The molecule has 4 aromatic rings. The van der Waals surface area contributed by atoms with Crippen LogP contribution in [-0.4, -0.2) is 25.4 Å². The van der Waals surface area contributed by atoms with Gasteiger partial charge in [-0.3, -0.25) is 9.20 Å². The molecule has 4 N–H and O–H groups in total. The largest absolute Gasteiger partial charge is 0.433 e. The van der Waals surface area contributed by atoms with Crippen LogP contribution in [0.25, 0.3) is 16.8 Å². The predicted octanol–water partition coefficient (Wildman–Crippen LogP) is 4.43. The summed E-state index contributed by atoms with van der Waals surface area (Å²) in [5, 5.41) is 12.7. The van der Waals surface area contributed by atoms with Gasteiger partial charge in [0, 0.05) is 15.4 Å². The first-order valence-electron chi connectivity index (χ1n) is 11.3. The van der Waals surface area contributed by atoms with E-state index in [1.165, 1.54) is 30.3 Å². The molecule has 0 aliphatic heterocycles. The fourth-order valence-corrected chi connectivity index (χ4v) is 3.57. The van der Waals surface area contributed by atoms with Crippen LogP contribution in [0.3, 0.4) is 0 Å². The van der Waals surface area contributed by atoms with E-state index in [1.54, 1.807) is 6.92 Å². The second kappa shape index (κ2) is 8.41. The maximum atomic E-state index is 13.7. The molecule has 0 unspecified atom stereocenters. The van der Waals surface area contributed by atoms with Gasteiger partial charge >= 0.3 is 6.18 Å². The number of aryl methyl sites for hydroxylation is 2. The highest BCUT2D eigenvalue weighted by molar-refractivity contribution is 5.95. The van der Waals surface area contributed by atoms with Crippen LogP contribution in [0.4, 0.5) is 29.1 Å². The number of carbonyl (C=O) groups is 1. The van der Waals surface area contributed by atoms with Crippen molar-refractivity contribution in [3.8, 4) is 11.3 Å².